The summed E-state index contributed by atoms with van der Waals surface area (Å²) >= 11 is 3.10. The molecular formula is C13H17BrFNO2. The standard InChI is InChI=1S/C13H17BrFNO2/c14-12-4-3-10(8-13(12)15)18-7-5-16-9-11-2-1-6-17-11/h3-4,8,11,16H,1-2,5-7,9H2. The van der Waals surface area contributed by atoms with Crippen LogP contribution in [0.3, 0.4) is 0 Å². The number of benzene rings is 1. The molecule has 1 heterocycles. The SMILES string of the molecule is Fc1cc(OCCNCC2CCCO2)ccc1Br. The van der Waals surface area contributed by atoms with E-state index < -0.39 is 0 Å². The molecule has 1 aromatic rings. The van der Waals surface area contributed by atoms with Gasteiger partial charge in [0.2, 0.25) is 0 Å². The van der Waals surface area contributed by atoms with Gasteiger partial charge in [-0.05, 0) is 40.9 Å². The minimum Gasteiger partial charge on any atom is -0.492 e. The van der Waals surface area contributed by atoms with Crippen molar-refractivity contribution in [2.75, 3.05) is 26.3 Å². The third-order valence-electron chi connectivity index (χ3n) is 2.83. The van der Waals surface area contributed by atoms with Crippen molar-refractivity contribution in [1.29, 1.82) is 0 Å². The molecule has 0 amide bonds. The average Bonchev–Trinajstić information content (AvgIpc) is 2.86. The van der Waals surface area contributed by atoms with E-state index in [9.17, 15) is 4.39 Å². The number of ether oxygens (including phenoxy) is 2. The van der Waals surface area contributed by atoms with Crippen molar-refractivity contribution in [3.63, 3.8) is 0 Å². The van der Waals surface area contributed by atoms with Gasteiger partial charge >= 0.3 is 0 Å². The molecule has 1 aliphatic rings. The lowest BCUT2D eigenvalue weighted by atomic mass is 10.2. The maximum Gasteiger partial charge on any atom is 0.141 e. The van der Waals surface area contributed by atoms with Gasteiger partial charge in [0.25, 0.3) is 0 Å². The van der Waals surface area contributed by atoms with Gasteiger partial charge in [-0.1, -0.05) is 0 Å². The van der Waals surface area contributed by atoms with Crippen LogP contribution in [0.15, 0.2) is 22.7 Å². The second-order valence-corrected chi connectivity index (χ2v) is 5.12. The number of hydrogen-bond donors (Lipinski definition) is 1. The van der Waals surface area contributed by atoms with Gasteiger partial charge in [-0.15, -0.1) is 0 Å². The number of hydrogen-bond acceptors (Lipinski definition) is 3. The van der Waals surface area contributed by atoms with Gasteiger partial charge in [-0.25, -0.2) is 4.39 Å². The summed E-state index contributed by atoms with van der Waals surface area (Å²) in [7, 11) is 0. The van der Waals surface area contributed by atoms with Crippen molar-refractivity contribution in [3.8, 4) is 5.75 Å². The molecule has 5 heteroatoms. The molecule has 1 aliphatic heterocycles. The van der Waals surface area contributed by atoms with Gasteiger partial charge in [0.05, 0.1) is 10.6 Å². The fourth-order valence-corrected chi connectivity index (χ4v) is 2.12. The summed E-state index contributed by atoms with van der Waals surface area (Å²) in [5, 5.41) is 3.27. The Balaban J connectivity index is 1.61. The zero-order valence-corrected chi connectivity index (χ0v) is 11.7. The third kappa shape index (κ3) is 4.23. The fourth-order valence-electron chi connectivity index (χ4n) is 1.88. The fraction of sp³-hybridized carbons (Fsp3) is 0.538. The first-order valence-corrected chi connectivity index (χ1v) is 6.95. The quantitative estimate of drug-likeness (QED) is 0.818. The molecule has 0 saturated carbocycles. The Morgan fingerprint density at radius 3 is 3.11 bits per heavy atom. The molecule has 0 radical (unpaired) electrons. The van der Waals surface area contributed by atoms with Crippen LogP contribution in [0, 0.1) is 5.82 Å². The summed E-state index contributed by atoms with van der Waals surface area (Å²) in [6, 6.07) is 4.77. The van der Waals surface area contributed by atoms with E-state index in [-0.39, 0.29) is 5.82 Å². The van der Waals surface area contributed by atoms with Crippen LogP contribution in [0.4, 0.5) is 4.39 Å². The van der Waals surface area contributed by atoms with E-state index in [0.717, 1.165) is 32.5 Å². The Morgan fingerprint density at radius 1 is 1.50 bits per heavy atom. The van der Waals surface area contributed by atoms with E-state index in [0.29, 0.717) is 22.9 Å². The molecular weight excluding hydrogens is 301 g/mol. The third-order valence-corrected chi connectivity index (χ3v) is 3.48. The van der Waals surface area contributed by atoms with Crippen LogP contribution in [-0.2, 0) is 4.74 Å². The molecule has 0 spiro atoms. The first kappa shape index (κ1) is 13.8. The molecule has 1 aromatic carbocycles. The predicted molar refractivity (Wildman–Crippen MR) is 71.4 cm³/mol. The van der Waals surface area contributed by atoms with Crippen LogP contribution < -0.4 is 10.1 Å². The molecule has 0 aliphatic carbocycles. The summed E-state index contributed by atoms with van der Waals surface area (Å²) in [5.41, 5.74) is 0. The molecule has 1 saturated heterocycles. The Hall–Kier alpha value is -0.650. The number of nitrogens with one attached hydrogen (secondary N) is 1. The topological polar surface area (TPSA) is 30.5 Å². The predicted octanol–water partition coefficient (Wildman–Crippen LogP) is 2.74. The second kappa shape index (κ2) is 7.07. The van der Waals surface area contributed by atoms with Crippen LogP contribution in [0.25, 0.3) is 0 Å². The van der Waals surface area contributed by atoms with E-state index >= 15 is 0 Å². The lowest BCUT2D eigenvalue weighted by Gasteiger charge is -2.11. The zero-order chi connectivity index (χ0) is 12.8. The molecule has 1 unspecified atom stereocenters. The second-order valence-electron chi connectivity index (χ2n) is 4.26. The van der Waals surface area contributed by atoms with Gasteiger partial charge in [-0.3, -0.25) is 0 Å². The molecule has 1 atom stereocenters. The monoisotopic (exact) mass is 317 g/mol. The largest absolute Gasteiger partial charge is 0.492 e. The molecule has 0 aromatic heterocycles. The van der Waals surface area contributed by atoms with Crippen LogP contribution in [0.1, 0.15) is 12.8 Å². The van der Waals surface area contributed by atoms with E-state index in [1.54, 1.807) is 12.1 Å². The minimum atomic E-state index is -0.306. The van der Waals surface area contributed by atoms with Crippen LogP contribution >= 0.6 is 15.9 Å². The van der Waals surface area contributed by atoms with Crippen molar-refractivity contribution in [2.24, 2.45) is 0 Å². The highest BCUT2D eigenvalue weighted by Crippen LogP contribution is 2.20. The van der Waals surface area contributed by atoms with Crippen LogP contribution in [-0.4, -0.2) is 32.4 Å². The van der Waals surface area contributed by atoms with Crippen molar-refractivity contribution in [1.82, 2.24) is 5.32 Å². The van der Waals surface area contributed by atoms with E-state index in [1.807, 2.05) is 0 Å². The Bertz CT molecular complexity index is 383. The van der Waals surface area contributed by atoms with Crippen LogP contribution in [0.2, 0.25) is 0 Å². The molecule has 100 valence electrons. The number of rotatable bonds is 6. The molecule has 0 bridgehead atoms. The summed E-state index contributed by atoms with van der Waals surface area (Å²) in [6.07, 6.45) is 2.63. The summed E-state index contributed by atoms with van der Waals surface area (Å²) in [6.45, 7) is 2.99. The Kier molecular flexibility index (Phi) is 5.41. The maximum absolute atomic E-state index is 13.2. The molecule has 3 nitrogen and oxygen atoms in total. The van der Waals surface area contributed by atoms with Crippen molar-refractivity contribution >= 4 is 15.9 Å². The van der Waals surface area contributed by atoms with E-state index in [1.165, 1.54) is 6.07 Å². The van der Waals surface area contributed by atoms with Gasteiger partial charge in [0.1, 0.15) is 18.2 Å². The summed E-state index contributed by atoms with van der Waals surface area (Å²) in [4.78, 5) is 0. The Labute approximate surface area is 115 Å². The van der Waals surface area contributed by atoms with Gasteiger partial charge < -0.3 is 14.8 Å². The normalized spacial score (nSPS) is 19.1. The highest BCUT2D eigenvalue weighted by atomic mass is 79.9. The van der Waals surface area contributed by atoms with Gasteiger partial charge in [0.15, 0.2) is 0 Å². The van der Waals surface area contributed by atoms with Gasteiger partial charge in [0, 0.05) is 25.8 Å². The molecule has 18 heavy (non-hydrogen) atoms. The number of halogens is 2. The van der Waals surface area contributed by atoms with Gasteiger partial charge in [-0.2, -0.15) is 0 Å². The highest BCUT2D eigenvalue weighted by Gasteiger charge is 2.14. The first-order valence-electron chi connectivity index (χ1n) is 6.16. The van der Waals surface area contributed by atoms with Crippen molar-refractivity contribution in [3.05, 3.63) is 28.5 Å². The first-order chi connectivity index (χ1) is 8.75. The molecule has 1 N–H and O–H groups in total. The summed E-state index contributed by atoms with van der Waals surface area (Å²) < 4.78 is 24.6. The highest BCUT2D eigenvalue weighted by molar-refractivity contribution is 9.10. The molecule has 2 rings (SSSR count). The van der Waals surface area contributed by atoms with Crippen molar-refractivity contribution in [2.45, 2.75) is 18.9 Å². The smallest absolute Gasteiger partial charge is 0.141 e. The Morgan fingerprint density at radius 2 is 2.39 bits per heavy atom. The zero-order valence-electron chi connectivity index (χ0n) is 10.1. The lowest BCUT2D eigenvalue weighted by molar-refractivity contribution is 0.109. The average molecular weight is 318 g/mol. The minimum absolute atomic E-state index is 0.306. The maximum atomic E-state index is 13.2. The molecule has 1 fully saturated rings. The van der Waals surface area contributed by atoms with E-state index in [4.69, 9.17) is 9.47 Å². The lowest BCUT2D eigenvalue weighted by Crippen LogP contribution is -2.29. The van der Waals surface area contributed by atoms with Crippen molar-refractivity contribution < 1.29 is 13.9 Å². The summed E-state index contributed by atoms with van der Waals surface area (Å²) in [5.74, 6) is 0.245. The van der Waals surface area contributed by atoms with Crippen LogP contribution in [0.5, 0.6) is 5.75 Å². The van der Waals surface area contributed by atoms with E-state index in [2.05, 4.69) is 21.2 Å².